The van der Waals surface area contributed by atoms with Crippen molar-refractivity contribution in [3.05, 3.63) is 69.8 Å². The largest absolute Gasteiger partial charge is 0.333 e. The molecule has 34 heavy (non-hydrogen) atoms. The molecule has 3 aromatic rings. The van der Waals surface area contributed by atoms with Crippen molar-refractivity contribution in [1.82, 2.24) is 14.5 Å². The first-order chi connectivity index (χ1) is 15.9. The van der Waals surface area contributed by atoms with Crippen LogP contribution >= 0.6 is 0 Å². The van der Waals surface area contributed by atoms with Crippen LogP contribution in [0.2, 0.25) is 0 Å². The molecule has 0 radical (unpaired) electrons. The van der Waals surface area contributed by atoms with Gasteiger partial charge in [0.1, 0.15) is 5.82 Å². The first kappa shape index (κ1) is 25.7. The van der Waals surface area contributed by atoms with Crippen molar-refractivity contribution in [3.63, 3.8) is 0 Å². The molecule has 0 saturated carbocycles. The molecule has 0 saturated heterocycles. The zero-order chi connectivity index (χ0) is 25.2. The predicted octanol–water partition coefficient (Wildman–Crippen LogP) is 6.37. The number of amides is 1. The van der Waals surface area contributed by atoms with Crippen LogP contribution in [-0.2, 0) is 4.79 Å². The zero-order valence-corrected chi connectivity index (χ0v) is 22.0. The van der Waals surface area contributed by atoms with E-state index in [1.807, 2.05) is 69.0 Å². The van der Waals surface area contributed by atoms with Crippen molar-refractivity contribution in [3.8, 4) is 5.69 Å². The first-order valence-electron chi connectivity index (χ1n) is 12.3. The number of carbonyl (C=O) groups is 1. The van der Waals surface area contributed by atoms with Gasteiger partial charge in [0.25, 0.3) is 5.56 Å². The van der Waals surface area contributed by atoms with E-state index in [1.165, 1.54) is 0 Å². The normalized spacial score (nSPS) is 13.6. The van der Waals surface area contributed by atoms with E-state index in [9.17, 15) is 9.59 Å². The molecule has 182 valence electrons. The lowest BCUT2D eigenvalue weighted by molar-refractivity contribution is -0.134. The van der Waals surface area contributed by atoms with Crippen LogP contribution in [0.5, 0.6) is 0 Å². The third kappa shape index (κ3) is 5.57. The molecule has 0 aliphatic rings. The highest BCUT2D eigenvalue weighted by Gasteiger charge is 2.28. The lowest BCUT2D eigenvalue weighted by Gasteiger charge is -2.31. The average molecular weight is 462 g/mol. The number of aromatic nitrogens is 2. The van der Waals surface area contributed by atoms with Gasteiger partial charge in [-0.3, -0.25) is 14.2 Å². The smallest absolute Gasteiger partial charge is 0.266 e. The summed E-state index contributed by atoms with van der Waals surface area (Å²) in [4.78, 5) is 33.9. The number of carbonyl (C=O) groups excluding carboxylic acids is 1. The van der Waals surface area contributed by atoms with Crippen LogP contribution < -0.4 is 5.56 Å². The third-order valence-corrected chi connectivity index (χ3v) is 6.38. The number of benzene rings is 2. The number of nitrogens with zero attached hydrogens (tertiary/aromatic N) is 3. The Morgan fingerprint density at radius 1 is 1.09 bits per heavy atom. The van der Waals surface area contributed by atoms with Crippen LogP contribution in [0.4, 0.5) is 0 Å². The van der Waals surface area contributed by atoms with Crippen LogP contribution in [-0.4, -0.2) is 26.9 Å². The van der Waals surface area contributed by atoms with E-state index in [1.54, 1.807) is 4.57 Å². The van der Waals surface area contributed by atoms with E-state index in [2.05, 4.69) is 33.8 Å². The highest BCUT2D eigenvalue weighted by atomic mass is 16.2. The summed E-state index contributed by atoms with van der Waals surface area (Å²) in [6.07, 6.45) is 1.46. The standard InChI is InChI=1S/C29H39N3O2/c1-9-31(26(33)17-20(3)18-29(6,7)8)22(5)27-30-24-13-11-10-12-23(24)28(34)32(27)25-15-14-19(2)16-21(25)4/h10-16,20,22H,9,17-18H2,1-8H3. The molecule has 1 aromatic heterocycles. The van der Waals surface area contributed by atoms with Crippen LogP contribution in [0, 0.1) is 25.2 Å². The molecular weight excluding hydrogens is 422 g/mol. The van der Waals surface area contributed by atoms with Crippen LogP contribution in [0.15, 0.2) is 47.3 Å². The second-order valence-corrected chi connectivity index (χ2v) is 10.8. The maximum atomic E-state index is 13.7. The molecule has 0 aliphatic carbocycles. The summed E-state index contributed by atoms with van der Waals surface area (Å²) in [5.74, 6) is 0.968. The number of hydrogen-bond donors (Lipinski definition) is 0. The number of rotatable bonds is 7. The summed E-state index contributed by atoms with van der Waals surface area (Å²) in [6.45, 7) is 17.3. The minimum absolute atomic E-state index is 0.0985. The summed E-state index contributed by atoms with van der Waals surface area (Å²) in [5.41, 5.74) is 3.66. The van der Waals surface area contributed by atoms with Crippen molar-refractivity contribution >= 4 is 16.8 Å². The second kappa shape index (κ2) is 10.1. The molecule has 1 amide bonds. The van der Waals surface area contributed by atoms with E-state index in [-0.39, 0.29) is 28.8 Å². The maximum absolute atomic E-state index is 13.7. The molecule has 0 aliphatic heterocycles. The van der Waals surface area contributed by atoms with Crippen molar-refractivity contribution < 1.29 is 4.79 Å². The van der Waals surface area contributed by atoms with Gasteiger partial charge in [-0.25, -0.2) is 4.98 Å². The molecule has 0 fully saturated rings. The van der Waals surface area contributed by atoms with Gasteiger partial charge >= 0.3 is 0 Å². The molecule has 5 nitrogen and oxygen atoms in total. The van der Waals surface area contributed by atoms with Crippen molar-refractivity contribution in [2.45, 2.75) is 74.3 Å². The predicted molar refractivity (Wildman–Crippen MR) is 140 cm³/mol. The van der Waals surface area contributed by atoms with E-state index in [4.69, 9.17) is 4.98 Å². The van der Waals surface area contributed by atoms with E-state index >= 15 is 0 Å². The third-order valence-electron chi connectivity index (χ3n) is 6.38. The molecule has 3 rings (SSSR count). The van der Waals surface area contributed by atoms with E-state index in [0.29, 0.717) is 29.7 Å². The summed E-state index contributed by atoms with van der Waals surface area (Å²) in [5, 5.41) is 0.576. The Kier molecular flexibility index (Phi) is 7.64. The highest BCUT2D eigenvalue weighted by Crippen LogP contribution is 2.29. The summed E-state index contributed by atoms with van der Waals surface area (Å²) >= 11 is 0. The van der Waals surface area contributed by atoms with Gasteiger partial charge in [0.15, 0.2) is 0 Å². The molecule has 0 bridgehead atoms. The molecule has 0 spiro atoms. The molecule has 2 atom stereocenters. The average Bonchev–Trinajstić information content (AvgIpc) is 2.73. The van der Waals surface area contributed by atoms with Crippen molar-refractivity contribution in [2.75, 3.05) is 6.54 Å². The Balaban J connectivity index is 2.11. The minimum atomic E-state index is -0.350. The van der Waals surface area contributed by atoms with Crippen molar-refractivity contribution in [1.29, 1.82) is 0 Å². The highest BCUT2D eigenvalue weighted by molar-refractivity contribution is 5.79. The van der Waals surface area contributed by atoms with Gasteiger partial charge in [-0.15, -0.1) is 0 Å². The van der Waals surface area contributed by atoms with Crippen LogP contribution in [0.3, 0.4) is 0 Å². The zero-order valence-electron chi connectivity index (χ0n) is 22.0. The molecule has 0 N–H and O–H groups in total. The monoisotopic (exact) mass is 461 g/mol. The number of fused-ring (bicyclic) bond motifs is 1. The quantitative estimate of drug-likeness (QED) is 0.410. The van der Waals surface area contributed by atoms with Gasteiger partial charge < -0.3 is 4.90 Å². The maximum Gasteiger partial charge on any atom is 0.266 e. The fraction of sp³-hybridized carbons (Fsp3) is 0.483. The molecular formula is C29H39N3O2. The summed E-state index contributed by atoms with van der Waals surface area (Å²) < 4.78 is 1.70. The lowest BCUT2D eigenvalue weighted by atomic mass is 9.84. The topological polar surface area (TPSA) is 55.2 Å². The van der Waals surface area contributed by atoms with Crippen LogP contribution in [0.1, 0.15) is 77.4 Å². The van der Waals surface area contributed by atoms with Gasteiger partial charge in [-0.2, -0.15) is 0 Å². The van der Waals surface area contributed by atoms with Crippen molar-refractivity contribution in [2.24, 2.45) is 11.3 Å². The lowest BCUT2D eigenvalue weighted by Crippen LogP contribution is -2.38. The van der Waals surface area contributed by atoms with E-state index in [0.717, 1.165) is 23.2 Å². The fourth-order valence-electron chi connectivity index (χ4n) is 5.06. The van der Waals surface area contributed by atoms with Gasteiger partial charge in [-0.1, -0.05) is 57.5 Å². The summed E-state index contributed by atoms with van der Waals surface area (Å²) in [7, 11) is 0. The number of hydrogen-bond acceptors (Lipinski definition) is 3. The van der Waals surface area contributed by atoms with E-state index < -0.39 is 0 Å². The molecule has 5 heteroatoms. The first-order valence-corrected chi connectivity index (χ1v) is 12.3. The molecule has 1 heterocycles. The molecule has 2 unspecified atom stereocenters. The Morgan fingerprint density at radius 2 is 1.76 bits per heavy atom. The Morgan fingerprint density at radius 3 is 2.38 bits per heavy atom. The Labute approximate surface area is 203 Å². The second-order valence-electron chi connectivity index (χ2n) is 10.8. The van der Waals surface area contributed by atoms with Gasteiger partial charge in [0.05, 0.1) is 22.6 Å². The Bertz CT molecular complexity index is 1240. The van der Waals surface area contributed by atoms with Crippen LogP contribution in [0.25, 0.3) is 16.6 Å². The van der Waals surface area contributed by atoms with Gasteiger partial charge in [0.2, 0.25) is 5.91 Å². The number of para-hydroxylation sites is 1. The number of aryl methyl sites for hydroxylation is 2. The SMILES string of the molecule is CCN(C(=O)CC(C)CC(C)(C)C)C(C)c1nc2ccccc2c(=O)n1-c1ccc(C)cc1C. The Hall–Kier alpha value is -2.95. The minimum Gasteiger partial charge on any atom is -0.333 e. The van der Waals surface area contributed by atoms with Gasteiger partial charge in [0, 0.05) is 13.0 Å². The van der Waals surface area contributed by atoms with Gasteiger partial charge in [-0.05, 0) is 69.2 Å². The summed E-state index contributed by atoms with van der Waals surface area (Å²) in [6, 6.07) is 13.1. The molecule has 2 aromatic carbocycles. The fourth-order valence-corrected chi connectivity index (χ4v) is 5.06.